The summed E-state index contributed by atoms with van der Waals surface area (Å²) in [5.74, 6) is 0.158. The molecule has 8 nitrogen and oxygen atoms in total. The lowest BCUT2D eigenvalue weighted by atomic mass is 10.2. The molecule has 2 heterocycles. The van der Waals surface area contributed by atoms with Gasteiger partial charge in [0.05, 0.1) is 13.4 Å². The Morgan fingerprint density at radius 3 is 2.72 bits per heavy atom. The van der Waals surface area contributed by atoms with Crippen LogP contribution >= 0.6 is 11.8 Å². The van der Waals surface area contributed by atoms with Gasteiger partial charge in [-0.1, -0.05) is 6.07 Å². The van der Waals surface area contributed by atoms with Crippen molar-refractivity contribution in [1.29, 1.82) is 0 Å². The number of nitrogens with zero attached hydrogens (tertiary/aromatic N) is 1. The molecule has 1 aromatic heterocycles. The van der Waals surface area contributed by atoms with E-state index in [2.05, 4.69) is 5.32 Å². The first-order chi connectivity index (χ1) is 13.9. The highest BCUT2D eigenvalue weighted by atomic mass is 32.2. The smallest absolute Gasteiger partial charge is 0.330 e. The van der Waals surface area contributed by atoms with Crippen LogP contribution in [-0.4, -0.2) is 47.7 Å². The Labute approximate surface area is 172 Å². The average Bonchev–Trinajstić information content (AvgIpc) is 3.37. The molecule has 0 saturated carbocycles. The number of benzene rings is 1. The standard InChI is InChI=1S/C20H22N2O6S/c1-12(18(24)21-14-6-4-7-15(10-14)26-3)28-20(25)16-11-29-19(22(16)13(2)23)17-8-5-9-27-17/h4-10,12,16,19H,11H2,1-3H3,(H,21,24)/t12-,16+,19-/m1/s1. The van der Waals surface area contributed by atoms with E-state index in [1.54, 1.807) is 36.4 Å². The summed E-state index contributed by atoms with van der Waals surface area (Å²) in [4.78, 5) is 38.7. The molecule has 0 spiro atoms. The van der Waals surface area contributed by atoms with Gasteiger partial charge in [0.1, 0.15) is 22.9 Å². The molecule has 1 aliphatic heterocycles. The van der Waals surface area contributed by atoms with Gasteiger partial charge in [0.25, 0.3) is 5.91 Å². The van der Waals surface area contributed by atoms with E-state index in [1.807, 2.05) is 0 Å². The summed E-state index contributed by atoms with van der Waals surface area (Å²) in [5, 5.41) is 2.28. The van der Waals surface area contributed by atoms with Crippen molar-refractivity contribution in [1.82, 2.24) is 4.90 Å². The molecule has 2 aromatic rings. The fourth-order valence-corrected chi connectivity index (χ4v) is 4.39. The third kappa shape index (κ3) is 4.73. The molecule has 154 valence electrons. The molecule has 3 atom stereocenters. The monoisotopic (exact) mass is 418 g/mol. The van der Waals surface area contributed by atoms with Crippen LogP contribution in [0.2, 0.25) is 0 Å². The summed E-state index contributed by atoms with van der Waals surface area (Å²) < 4.78 is 15.9. The third-order valence-electron chi connectivity index (χ3n) is 4.42. The Morgan fingerprint density at radius 1 is 1.28 bits per heavy atom. The fourth-order valence-electron chi connectivity index (χ4n) is 2.97. The molecule has 1 aromatic carbocycles. The Balaban J connectivity index is 1.63. The lowest BCUT2D eigenvalue weighted by Crippen LogP contribution is -2.44. The van der Waals surface area contributed by atoms with Gasteiger partial charge in [0.2, 0.25) is 5.91 Å². The molecule has 1 N–H and O–H groups in total. The van der Waals surface area contributed by atoms with Crippen molar-refractivity contribution in [2.75, 3.05) is 18.2 Å². The van der Waals surface area contributed by atoms with Crippen LogP contribution in [-0.2, 0) is 19.1 Å². The number of carbonyl (C=O) groups excluding carboxylic acids is 3. The van der Waals surface area contributed by atoms with Crippen LogP contribution in [0.4, 0.5) is 5.69 Å². The molecular weight excluding hydrogens is 396 g/mol. The number of esters is 1. The van der Waals surface area contributed by atoms with E-state index in [-0.39, 0.29) is 5.91 Å². The zero-order valence-electron chi connectivity index (χ0n) is 16.3. The third-order valence-corrected chi connectivity index (χ3v) is 5.71. The second-order valence-electron chi connectivity index (χ2n) is 6.44. The molecule has 0 unspecified atom stereocenters. The molecule has 1 aliphatic rings. The van der Waals surface area contributed by atoms with Gasteiger partial charge in [-0.3, -0.25) is 9.59 Å². The SMILES string of the molecule is COc1cccc(NC(=O)[C@@H](C)OC(=O)[C@@H]2CS[C@H](c3ccco3)N2C(C)=O)c1. The number of amides is 2. The average molecular weight is 418 g/mol. The van der Waals surface area contributed by atoms with Gasteiger partial charge in [0, 0.05) is 24.4 Å². The van der Waals surface area contributed by atoms with Crippen LogP contribution < -0.4 is 10.1 Å². The summed E-state index contributed by atoms with van der Waals surface area (Å²) in [6, 6.07) is 9.54. The number of nitrogens with one attached hydrogen (secondary N) is 1. The Kier molecular flexibility index (Phi) is 6.48. The molecule has 2 amide bonds. The molecule has 0 bridgehead atoms. The molecule has 0 radical (unpaired) electrons. The molecule has 9 heteroatoms. The predicted octanol–water partition coefficient (Wildman–Crippen LogP) is 2.82. The number of ether oxygens (including phenoxy) is 2. The van der Waals surface area contributed by atoms with E-state index < -0.39 is 29.4 Å². The second kappa shape index (κ2) is 9.04. The van der Waals surface area contributed by atoms with Gasteiger partial charge in [-0.25, -0.2) is 4.79 Å². The van der Waals surface area contributed by atoms with Crippen LogP contribution in [0.5, 0.6) is 5.75 Å². The van der Waals surface area contributed by atoms with Gasteiger partial charge < -0.3 is 24.1 Å². The van der Waals surface area contributed by atoms with Gasteiger partial charge in [-0.2, -0.15) is 0 Å². The second-order valence-corrected chi connectivity index (χ2v) is 7.56. The molecule has 1 fully saturated rings. The van der Waals surface area contributed by atoms with Crippen LogP contribution in [0.25, 0.3) is 0 Å². The van der Waals surface area contributed by atoms with Crippen molar-refractivity contribution < 1.29 is 28.3 Å². The lowest BCUT2D eigenvalue weighted by molar-refractivity contribution is -0.160. The highest BCUT2D eigenvalue weighted by Gasteiger charge is 2.43. The molecule has 29 heavy (non-hydrogen) atoms. The first kappa shape index (κ1) is 20.8. The highest BCUT2D eigenvalue weighted by molar-refractivity contribution is 7.99. The van der Waals surface area contributed by atoms with Gasteiger partial charge >= 0.3 is 5.97 Å². The Morgan fingerprint density at radius 2 is 2.07 bits per heavy atom. The Bertz CT molecular complexity index is 885. The molecule has 3 rings (SSSR count). The first-order valence-electron chi connectivity index (χ1n) is 9.00. The minimum Gasteiger partial charge on any atom is -0.497 e. The topological polar surface area (TPSA) is 98.1 Å². The number of thioether (sulfide) groups is 1. The van der Waals surface area contributed by atoms with Gasteiger partial charge in [-0.05, 0) is 31.2 Å². The van der Waals surface area contributed by atoms with E-state index in [0.29, 0.717) is 22.9 Å². The molecule has 0 aliphatic carbocycles. The number of rotatable bonds is 6. The maximum Gasteiger partial charge on any atom is 0.330 e. The summed E-state index contributed by atoms with van der Waals surface area (Å²) in [7, 11) is 1.53. The fraction of sp³-hybridized carbons (Fsp3) is 0.350. The minimum absolute atomic E-state index is 0.271. The van der Waals surface area contributed by atoms with Crippen molar-refractivity contribution in [3.8, 4) is 5.75 Å². The quantitative estimate of drug-likeness (QED) is 0.720. The van der Waals surface area contributed by atoms with E-state index in [4.69, 9.17) is 13.9 Å². The normalized spacial score (nSPS) is 19.5. The lowest BCUT2D eigenvalue weighted by Gasteiger charge is -2.26. The van der Waals surface area contributed by atoms with Crippen LogP contribution in [0.3, 0.4) is 0 Å². The van der Waals surface area contributed by atoms with E-state index in [9.17, 15) is 14.4 Å². The van der Waals surface area contributed by atoms with Crippen molar-refractivity contribution in [2.45, 2.75) is 31.4 Å². The number of carbonyl (C=O) groups is 3. The summed E-state index contributed by atoms with van der Waals surface area (Å²) in [6.45, 7) is 2.87. The van der Waals surface area contributed by atoms with Crippen LogP contribution in [0, 0.1) is 0 Å². The maximum atomic E-state index is 12.7. The number of anilines is 1. The maximum absolute atomic E-state index is 12.7. The van der Waals surface area contributed by atoms with Crippen molar-refractivity contribution in [3.05, 3.63) is 48.4 Å². The summed E-state index contributed by atoms with van der Waals surface area (Å²) in [5.41, 5.74) is 0.525. The van der Waals surface area contributed by atoms with Gasteiger partial charge in [0.15, 0.2) is 6.10 Å². The van der Waals surface area contributed by atoms with E-state index >= 15 is 0 Å². The first-order valence-corrected chi connectivity index (χ1v) is 10.0. The van der Waals surface area contributed by atoms with Crippen molar-refractivity contribution >= 4 is 35.2 Å². The number of methoxy groups -OCH3 is 1. The Hall–Kier alpha value is -2.94. The van der Waals surface area contributed by atoms with E-state index in [0.717, 1.165) is 0 Å². The number of hydrogen-bond acceptors (Lipinski definition) is 7. The zero-order valence-corrected chi connectivity index (χ0v) is 17.1. The number of hydrogen-bond donors (Lipinski definition) is 1. The molecular formula is C20H22N2O6S. The van der Waals surface area contributed by atoms with Crippen LogP contribution in [0.15, 0.2) is 47.1 Å². The van der Waals surface area contributed by atoms with Crippen molar-refractivity contribution in [3.63, 3.8) is 0 Å². The van der Waals surface area contributed by atoms with Crippen molar-refractivity contribution in [2.24, 2.45) is 0 Å². The summed E-state index contributed by atoms with van der Waals surface area (Å²) in [6.07, 6.45) is 0.486. The van der Waals surface area contributed by atoms with Gasteiger partial charge in [-0.15, -0.1) is 11.8 Å². The largest absolute Gasteiger partial charge is 0.497 e. The highest BCUT2D eigenvalue weighted by Crippen LogP contribution is 2.41. The predicted molar refractivity (Wildman–Crippen MR) is 107 cm³/mol. The zero-order chi connectivity index (χ0) is 21.0. The van der Waals surface area contributed by atoms with E-state index in [1.165, 1.54) is 43.9 Å². The molecule has 1 saturated heterocycles. The summed E-state index contributed by atoms with van der Waals surface area (Å²) >= 11 is 1.41. The number of furan rings is 1. The van der Waals surface area contributed by atoms with Crippen LogP contribution in [0.1, 0.15) is 25.0 Å². The minimum atomic E-state index is -1.03.